The molecule has 0 heteroatoms. The fourth-order valence-electron chi connectivity index (χ4n) is 6.62. The highest BCUT2D eigenvalue weighted by Gasteiger charge is 2.20. The molecule has 0 bridgehead atoms. The van der Waals surface area contributed by atoms with Crippen LogP contribution in [-0.2, 0) is 5.41 Å². The van der Waals surface area contributed by atoms with Gasteiger partial charge in [-0.25, -0.2) is 0 Å². The monoisotopic (exact) mass is 625 g/mol. The largest absolute Gasteiger partial charge is 0.0979 e. The standard InChI is InChI=1S/C46H72/c1-6-8-10-12-14-16-18-20-22-24-26-28-30-32-36-41-40-45(46(3,4)5)44(43-38-35-34-37-42(41)43)39-33-31-29-27-25-23-21-19-17-15-13-11-9-7-2/h34-35,37-38,40H,6-31H2,1-5H3. The van der Waals surface area contributed by atoms with Crippen molar-refractivity contribution < 1.29 is 0 Å². The van der Waals surface area contributed by atoms with Gasteiger partial charge in [0.15, 0.2) is 0 Å². The Bertz CT molecular complexity index is 1170. The molecule has 0 saturated carbocycles. The van der Waals surface area contributed by atoms with Crippen molar-refractivity contribution in [2.75, 3.05) is 0 Å². The number of rotatable bonds is 24. The fourth-order valence-corrected chi connectivity index (χ4v) is 6.62. The Morgan fingerprint density at radius 1 is 0.457 bits per heavy atom. The Labute approximate surface area is 287 Å². The molecule has 2 rings (SSSR count). The molecule has 0 N–H and O–H groups in total. The van der Waals surface area contributed by atoms with Crippen LogP contribution in [0.15, 0.2) is 30.3 Å². The maximum atomic E-state index is 3.65. The molecule has 0 aliphatic heterocycles. The van der Waals surface area contributed by atoms with Crippen LogP contribution < -0.4 is 0 Å². The van der Waals surface area contributed by atoms with Gasteiger partial charge in [0.25, 0.3) is 0 Å². The van der Waals surface area contributed by atoms with Gasteiger partial charge >= 0.3 is 0 Å². The molecular formula is C46H72. The molecule has 0 aliphatic rings. The summed E-state index contributed by atoms with van der Waals surface area (Å²) in [4.78, 5) is 0. The first kappa shape index (κ1) is 40.0. The topological polar surface area (TPSA) is 0 Å². The maximum absolute atomic E-state index is 3.65. The van der Waals surface area contributed by atoms with Crippen LogP contribution in [0.5, 0.6) is 0 Å². The minimum atomic E-state index is 0.0238. The van der Waals surface area contributed by atoms with Crippen LogP contribution in [0.25, 0.3) is 10.8 Å². The average Bonchev–Trinajstić information content (AvgIpc) is 3.05. The SMILES string of the molecule is CCCCCCCCCCCCCCC#Cc1cc(C(C)(C)C)c(C#CCCCCCCCCCCCCCC)c2ccccc12. The summed E-state index contributed by atoms with van der Waals surface area (Å²) >= 11 is 0. The van der Waals surface area contributed by atoms with Gasteiger partial charge in [-0.1, -0.05) is 224 Å². The molecule has 256 valence electrons. The van der Waals surface area contributed by atoms with E-state index >= 15 is 0 Å². The molecule has 0 saturated heterocycles. The van der Waals surface area contributed by atoms with Gasteiger partial charge < -0.3 is 0 Å². The lowest BCUT2D eigenvalue weighted by molar-refractivity contribution is 0.545. The Hall–Kier alpha value is -2.18. The van der Waals surface area contributed by atoms with Crippen molar-refractivity contribution in [3.63, 3.8) is 0 Å². The third kappa shape index (κ3) is 17.7. The van der Waals surface area contributed by atoms with E-state index in [9.17, 15) is 0 Å². The molecule has 0 radical (unpaired) electrons. The van der Waals surface area contributed by atoms with Gasteiger partial charge in [0.1, 0.15) is 0 Å². The lowest BCUT2D eigenvalue weighted by Gasteiger charge is -2.23. The summed E-state index contributed by atoms with van der Waals surface area (Å²) in [6.07, 6.45) is 35.2. The zero-order valence-electron chi connectivity index (χ0n) is 31.3. The van der Waals surface area contributed by atoms with Gasteiger partial charge in [-0.05, 0) is 40.7 Å². The Morgan fingerprint density at radius 2 is 0.826 bits per heavy atom. The first-order valence-corrected chi connectivity index (χ1v) is 20.0. The van der Waals surface area contributed by atoms with E-state index in [1.807, 2.05) is 0 Å². The smallest absolute Gasteiger partial charge is 0.0361 e. The van der Waals surface area contributed by atoms with Gasteiger partial charge in [-0.15, -0.1) is 0 Å². The van der Waals surface area contributed by atoms with Crippen LogP contribution in [0.2, 0.25) is 0 Å². The van der Waals surface area contributed by atoms with Gasteiger partial charge in [-0.3, -0.25) is 0 Å². The number of fused-ring (bicyclic) bond motifs is 1. The molecule has 46 heavy (non-hydrogen) atoms. The van der Waals surface area contributed by atoms with Crippen LogP contribution in [-0.4, -0.2) is 0 Å². The fraction of sp³-hybridized carbons (Fsp3) is 0.696. The van der Waals surface area contributed by atoms with E-state index in [2.05, 4.69) is 88.6 Å². The third-order valence-corrected chi connectivity index (χ3v) is 9.60. The molecule has 0 heterocycles. The summed E-state index contributed by atoms with van der Waals surface area (Å²) in [6, 6.07) is 11.2. The number of hydrogen-bond donors (Lipinski definition) is 0. The van der Waals surface area contributed by atoms with E-state index in [1.165, 1.54) is 182 Å². The van der Waals surface area contributed by atoms with Gasteiger partial charge in [0.05, 0.1) is 0 Å². The van der Waals surface area contributed by atoms with Gasteiger partial charge in [0, 0.05) is 24.0 Å². The second kappa shape index (κ2) is 25.9. The van der Waals surface area contributed by atoms with Crippen molar-refractivity contribution >= 4 is 10.8 Å². The van der Waals surface area contributed by atoms with E-state index in [4.69, 9.17) is 0 Å². The lowest BCUT2D eigenvalue weighted by Crippen LogP contribution is -2.14. The molecule has 0 atom stereocenters. The Morgan fingerprint density at radius 3 is 1.24 bits per heavy atom. The predicted molar refractivity (Wildman–Crippen MR) is 208 cm³/mol. The summed E-state index contributed by atoms with van der Waals surface area (Å²) < 4.78 is 0. The highest BCUT2D eigenvalue weighted by Crippen LogP contribution is 2.33. The van der Waals surface area contributed by atoms with Crippen molar-refractivity contribution in [1.82, 2.24) is 0 Å². The zero-order chi connectivity index (χ0) is 33.1. The zero-order valence-corrected chi connectivity index (χ0v) is 31.3. The third-order valence-electron chi connectivity index (χ3n) is 9.60. The molecule has 0 fully saturated rings. The van der Waals surface area contributed by atoms with E-state index < -0.39 is 0 Å². The number of unbranched alkanes of at least 4 members (excludes halogenated alkanes) is 24. The minimum absolute atomic E-state index is 0.0238. The number of benzene rings is 2. The van der Waals surface area contributed by atoms with Crippen molar-refractivity contribution in [3.05, 3.63) is 47.0 Å². The quantitative estimate of drug-likeness (QED) is 0.0805. The molecular weight excluding hydrogens is 553 g/mol. The van der Waals surface area contributed by atoms with Gasteiger partial charge in [0.2, 0.25) is 0 Å². The van der Waals surface area contributed by atoms with Crippen LogP contribution in [0.4, 0.5) is 0 Å². The van der Waals surface area contributed by atoms with Crippen LogP contribution in [0, 0.1) is 23.7 Å². The van der Waals surface area contributed by atoms with E-state index in [-0.39, 0.29) is 5.41 Å². The highest BCUT2D eigenvalue weighted by atomic mass is 14.2. The minimum Gasteiger partial charge on any atom is -0.0979 e. The lowest BCUT2D eigenvalue weighted by atomic mass is 9.80. The van der Waals surface area contributed by atoms with E-state index in [1.54, 1.807) is 0 Å². The van der Waals surface area contributed by atoms with Crippen molar-refractivity contribution in [2.45, 2.75) is 207 Å². The van der Waals surface area contributed by atoms with Crippen molar-refractivity contribution in [1.29, 1.82) is 0 Å². The first-order chi connectivity index (χ1) is 22.5. The average molecular weight is 625 g/mol. The van der Waals surface area contributed by atoms with Crippen molar-refractivity contribution in [2.24, 2.45) is 0 Å². The second-order valence-corrected chi connectivity index (χ2v) is 15.0. The number of hydrogen-bond acceptors (Lipinski definition) is 0. The van der Waals surface area contributed by atoms with Gasteiger partial charge in [-0.2, -0.15) is 0 Å². The van der Waals surface area contributed by atoms with Crippen LogP contribution >= 0.6 is 0 Å². The normalized spacial score (nSPS) is 11.3. The highest BCUT2D eigenvalue weighted by molar-refractivity contribution is 5.94. The molecule has 0 aliphatic carbocycles. The van der Waals surface area contributed by atoms with Crippen LogP contribution in [0.1, 0.15) is 218 Å². The van der Waals surface area contributed by atoms with Crippen LogP contribution in [0.3, 0.4) is 0 Å². The first-order valence-electron chi connectivity index (χ1n) is 20.0. The Kier molecular flexibility index (Phi) is 22.5. The molecule has 2 aromatic rings. The summed E-state index contributed by atoms with van der Waals surface area (Å²) in [6.45, 7) is 11.5. The molecule has 0 spiro atoms. The molecule has 0 aromatic heterocycles. The predicted octanol–water partition coefficient (Wildman–Crippen LogP) is 15.0. The van der Waals surface area contributed by atoms with E-state index in [0.717, 1.165) is 12.8 Å². The summed E-state index contributed by atoms with van der Waals surface area (Å²) in [5, 5.41) is 2.53. The summed E-state index contributed by atoms with van der Waals surface area (Å²) in [5.41, 5.74) is 3.75. The Balaban J connectivity index is 1.82. The molecule has 2 aromatic carbocycles. The molecule has 0 nitrogen and oxygen atoms in total. The summed E-state index contributed by atoms with van der Waals surface area (Å²) in [7, 11) is 0. The van der Waals surface area contributed by atoms with Crippen molar-refractivity contribution in [3.8, 4) is 23.7 Å². The molecule has 0 amide bonds. The van der Waals surface area contributed by atoms with E-state index in [0.29, 0.717) is 0 Å². The molecule has 0 unspecified atom stereocenters. The maximum Gasteiger partial charge on any atom is 0.0361 e. The second-order valence-electron chi connectivity index (χ2n) is 15.0. The summed E-state index contributed by atoms with van der Waals surface area (Å²) in [5.74, 6) is 14.4.